The van der Waals surface area contributed by atoms with Crippen molar-refractivity contribution < 1.29 is 9.53 Å². The number of hydrogen-bond acceptors (Lipinski definition) is 2. The standard InChI is InChI=1S/C9H18N2O2/c1-2-10-9(12)11-7-8-5-3-4-6-13-8/h8H,2-7H2,1H3,(H2,10,11,12). The summed E-state index contributed by atoms with van der Waals surface area (Å²) in [5.74, 6) is 0. The van der Waals surface area contributed by atoms with Crippen LogP contribution in [-0.4, -0.2) is 31.8 Å². The fraction of sp³-hybridized carbons (Fsp3) is 0.889. The second-order valence-electron chi connectivity index (χ2n) is 3.23. The van der Waals surface area contributed by atoms with Gasteiger partial charge >= 0.3 is 6.03 Å². The van der Waals surface area contributed by atoms with Gasteiger partial charge in [0.05, 0.1) is 6.10 Å². The van der Waals surface area contributed by atoms with Gasteiger partial charge in [-0.3, -0.25) is 0 Å². The molecule has 0 bridgehead atoms. The van der Waals surface area contributed by atoms with Gasteiger partial charge in [-0.05, 0) is 26.2 Å². The topological polar surface area (TPSA) is 50.4 Å². The Morgan fingerprint density at radius 3 is 2.92 bits per heavy atom. The van der Waals surface area contributed by atoms with Crippen molar-refractivity contribution in [2.24, 2.45) is 0 Å². The Balaban J connectivity index is 2.06. The zero-order valence-corrected chi connectivity index (χ0v) is 8.14. The molecule has 2 N–H and O–H groups in total. The van der Waals surface area contributed by atoms with Crippen LogP contribution in [0.25, 0.3) is 0 Å². The molecule has 76 valence electrons. The van der Waals surface area contributed by atoms with Crippen LogP contribution in [0.3, 0.4) is 0 Å². The van der Waals surface area contributed by atoms with Gasteiger partial charge in [-0.15, -0.1) is 0 Å². The van der Waals surface area contributed by atoms with Crippen LogP contribution >= 0.6 is 0 Å². The summed E-state index contributed by atoms with van der Waals surface area (Å²) in [6.45, 7) is 4.03. The molecule has 1 saturated heterocycles. The maximum atomic E-state index is 11.0. The molecule has 0 aliphatic carbocycles. The fourth-order valence-electron chi connectivity index (χ4n) is 1.40. The minimum atomic E-state index is -0.100. The van der Waals surface area contributed by atoms with E-state index in [4.69, 9.17) is 4.74 Å². The van der Waals surface area contributed by atoms with Gasteiger partial charge in [-0.2, -0.15) is 0 Å². The van der Waals surface area contributed by atoms with Gasteiger partial charge in [0.25, 0.3) is 0 Å². The molecule has 1 heterocycles. The van der Waals surface area contributed by atoms with Crippen molar-refractivity contribution in [1.82, 2.24) is 10.6 Å². The molecule has 13 heavy (non-hydrogen) atoms. The van der Waals surface area contributed by atoms with E-state index >= 15 is 0 Å². The monoisotopic (exact) mass is 186 g/mol. The summed E-state index contributed by atoms with van der Waals surface area (Å²) < 4.78 is 5.46. The highest BCUT2D eigenvalue weighted by Crippen LogP contribution is 2.11. The first-order valence-corrected chi connectivity index (χ1v) is 4.96. The summed E-state index contributed by atoms with van der Waals surface area (Å²) in [5.41, 5.74) is 0. The van der Waals surface area contributed by atoms with E-state index in [9.17, 15) is 4.79 Å². The first-order valence-electron chi connectivity index (χ1n) is 4.96. The number of hydrogen-bond donors (Lipinski definition) is 2. The molecule has 1 fully saturated rings. The average Bonchev–Trinajstić information content (AvgIpc) is 2.17. The Morgan fingerprint density at radius 1 is 1.46 bits per heavy atom. The minimum Gasteiger partial charge on any atom is -0.376 e. The van der Waals surface area contributed by atoms with Crippen LogP contribution in [0.2, 0.25) is 0 Å². The van der Waals surface area contributed by atoms with Crippen molar-refractivity contribution in [3.63, 3.8) is 0 Å². The first kappa shape index (κ1) is 10.3. The van der Waals surface area contributed by atoms with E-state index in [1.807, 2.05) is 6.92 Å². The van der Waals surface area contributed by atoms with Crippen LogP contribution < -0.4 is 10.6 Å². The molecule has 1 unspecified atom stereocenters. The van der Waals surface area contributed by atoms with E-state index in [0.717, 1.165) is 19.4 Å². The molecule has 1 rings (SSSR count). The highest BCUT2D eigenvalue weighted by molar-refractivity contribution is 5.73. The van der Waals surface area contributed by atoms with E-state index in [0.29, 0.717) is 13.1 Å². The largest absolute Gasteiger partial charge is 0.376 e. The van der Waals surface area contributed by atoms with Crippen molar-refractivity contribution in [3.8, 4) is 0 Å². The van der Waals surface area contributed by atoms with Gasteiger partial charge < -0.3 is 15.4 Å². The molecule has 0 radical (unpaired) electrons. The van der Waals surface area contributed by atoms with Gasteiger partial charge in [-0.1, -0.05) is 0 Å². The third kappa shape index (κ3) is 4.12. The number of nitrogens with one attached hydrogen (secondary N) is 2. The van der Waals surface area contributed by atoms with Gasteiger partial charge in [0.15, 0.2) is 0 Å². The first-order chi connectivity index (χ1) is 6.33. The summed E-state index contributed by atoms with van der Waals surface area (Å²) in [4.78, 5) is 11.0. The lowest BCUT2D eigenvalue weighted by atomic mass is 10.1. The summed E-state index contributed by atoms with van der Waals surface area (Å²) in [5, 5.41) is 5.46. The highest BCUT2D eigenvalue weighted by Gasteiger charge is 2.13. The smallest absolute Gasteiger partial charge is 0.314 e. The van der Waals surface area contributed by atoms with Gasteiger partial charge in [-0.25, -0.2) is 4.79 Å². The maximum Gasteiger partial charge on any atom is 0.314 e. The lowest BCUT2D eigenvalue weighted by Gasteiger charge is -2.22. The molecule has 0 aromatic heterocycles. The Labute approximate surface area is 79.0 Å². The molecule has 0 aromatic carbocycles. The molecule has 4 heteroatoms. The van der Waals surface area contributed by atoms with Crippen LogP contribution in [0, 0.1) is 0 Å². The molecule has 1 atom stereocenters. The molecular weight excluding hydrogens is 168 g/mol. The van der Waals surface area contributed by atoms with Gasteiger partial charge in [0.2, 0.25) is 0 Å². The number of carbonyl (C=O) groups excluding carboxylic acids is 1. The van der Waals surface area contributed by atoms with Crippen LogP contribution in [0.15, 0.2) is 0 Å². The zero-order valence-electron chi connectivity index (χ0n) is 8.14. The minimum absolute atomic E-state index is 0.100. The summed E-state index contributed by atoms with van der Waals surface area (Å²) in [7, 11) is 0. The van der Waals surface area contributed by atoms with Crippen molar-refractivity contribution in [3.05, 3.63) is 0 Å². The van der Waals surface area contributed by atoms with Gasteiger partial charge in [0.1, 0.15) is 0 Å². The van der Waals surface area contributed by atoms with E-state index in [2.05, 4.69) is 10.6 Å². The summed E-state index contributed by atoms with van der Waals surface area (Å²) in [6.07, 6.45) is 3.64. The Hall–Kier alpha value is -0.770. The van der Waals surface area contributed by atoms with E-state index in [1.165, 1.54) is 6.42 Å². The third-order valence-corrected chi connectivity index (χ3v) is 2.10. The van der Waals surface area contributed by atoms with Crippen molar-refractivity contribution in [2.45, 2.75) is 32.3 Å². The normalized spacial score (nSPS) is 22.4. The summed E-state index contributed by atoms with van der Waals surface area (Å²) >= 11 is 0. The lowest BCUT2D eigenvalue weighted by Crippen LogP contribution is -2.41. The van der Waals surface area contributed by atoms with E-state index < -0.39 is 0 Å². The van der Waals surface area contributed by atoms with Crippen LogP contribution in [0.4, 0.5) is 4.79 Å². The van der Waals surface area contributed by atoms with Crippen LogP contribution in [0.1, 0.15) is 26.2 Å². The Morgan fingerprint density at radius 2 is 2.31 bits per heavy atom. The zero-order chi connectivity index (χ0) is 9.52. The van der Waals surface area contributed by atoms with Gasteiger partial charge in [0, 0.05) is 19.7 Å². The number of urea groups is 1. The SMILES string of the molecule is CCNC(=O)NCC1CCCCO1. The third-order valence-electron chi connectivity index (χ3n) is 2.10. The second-order valence-corrected chi connectivity index (χ2v) is 3.23. The van der Waals surface area contributed by atoms with Crippen molar-refractivity contribution in [2.75, 3.05) is 19.7 Å². The quantitative estimate of drug-likeness (QED) is 0.687. The Bertz CT molecular complexity index is 156. The average molecular weight is 186 g/mol. The Kier molecular flexibility index (Phi) is 4.60. The fourth-order valence-corrected chi connectivity index (χ4v) is 1.40. The molecular formula is C9H18N2O2. The molecule has 2 amide bonds. The number of amides is 2. The van der Waals surface area contributed by atoms with Crippen molar-refractivity contribution >= 4 is 6.03 Å². The maximum absolute atomic E-state index is 11.0. The number of ether oxygens (including phenoxy) is 1. The van der Waals surface area contributed by atoms with Crippen LogP contribution in [0.5, 0.6) is 0 Å². The van der Waals surface area contributed by atoms with Crippen LogP contribution in [-0.2, 0) is 4.74 Å². The van der Waals surface area contributed by atoms with E-state index in [1.54, 1.807) is 0 Å². The second kappa shape index (κ2) is 5.80. The number of rotatable bonds is 3. The number of carbonyl (C=O) groups is 1. The predicted molar refractivity (Wildman–Crippen MR) is 50.7 cm³/mol. The molecule has 0 aromatic rings. The van der Waals surface area contributed by atoms with Crippen molar-refractivity contribution in [1.29, 1.82) is 0 Å². The highest BCUT2D eigenvalue weighted by atomic mass is 16.5. The molecule has 1 aliphatic rings. The molecule has 1 aliphatic heterocycles. The summed E-state index contributed by atoms with van der Waals surface area (Å²) in [6, 6.07) is -0.100. The molecule has 4 nitrogen and oxygen atoms in total. The predicted octanol–water partition coefficient (Wildman–Crippen LogP) is 0.875. The van der Waals surface area contributed by atoms with E-state index in [-0.39, 0.29) is 12.1 Å². The lowest BCUT2D eigenvalue weighted by molar-refractivity contribution is 0.0185. The molecule has 0 spiro atoms. The molecule has 0 saturated carbocycles.